The number of anilines is 1. The predicted molar refractivity (Wildman–Crippen MR) is 141 cm³/mol. The van der Waals surface area contributed by atoms with Crippen molar-refractivity contribution in [1.29, 1.82) is 0 Å². The molecule has 1 aliphatic rings. The van der Waals surface area contributed by atoms with Crippen LogP contribution in [0.3, 0.4) is 0 Å². The summed E-state index contributed by atoms with van der Waals surface area (Å²) in [5, 5.41) is 12.1. The van der Waals surface area contributed by atoms with Gasteiger partial charge in [-0.3, -0.25) is 19.3 Å². The number of amides is 1. The van der Waals surface area contributed by atoms with E-state index in [1.165, 1.54) is 25.2 Å². The highest BCUT2D eigenvalue weighted by atomic mass is 35.5. The van der Waals surface area contributed by atoms with Gasteiger partial charge in [-0.25, -0.2) is 0 Å². The first-order valence-electron chi connectivity index (χ1n) is 11.6. The zero-order valence-corrected chi connectivity index (χ0v) is 21.2. The smallest absolute Gasteiger partial charge is 0.309 e. The van der Waals surface area contributed by atoms with Crippen molar-refractivity contribution in [1.82, 2.24) is 0 Å². The topological polar surface area (TPSA) is 106 Å². The number of Topliss-reactive ketones (excluding diaryl/α,β-unsaturated/α-hetero) is 1. The third-order valence-electron chi connectivity index (χ3n) is 6.36. The lowest BCUT2D eigenvalue weighted by atomic mass is 9.94. The van der Waals surface area contributed by atoms with E-state index in [1.54, 1.807) is 66.7 Å². The molecule has 38 heavy (non-hydrogen) atoms. The van der Waals surface area contributed by atoms with Crippen LogP contribution in [0.25, 0.3) is 11.0 Å². The number of carbonyl (C=O) groups excluding carboxylic acids is 3. The minimum absolute atomic E-state index is 0.0419. The number of aliphatic hydroxyl groups excluding tert-OH is 1. The van der Waals surface area contributed by atoms with Gasteiger partial charge in [0.05, 0.1) is 32.3 Å². The first kappa shape index (κ1) is 25.1. The molecule has 0 radical (unpaired) electrons. The van der Waals surface area contributed by atoms with Gasteiger partial charge in [0.1, 0.15) is 11.3 Å². The van der Waals surface area contributed by atoms with Crippen LogP contribution < -0.4 is 9.64 Å². The van der Waals surface area contributed by atoms with Crippen LogP contribution in [0.15, 0.2) is 88.5 Å². The molecule has 5 rings (SSSR count). The van der Waals surface area contributed by atoms with Crippen LogP contribution in [0, 0.1) is 0 Å². The van der Waals surface area contributed by atoms with Gasteiger partial charge < -0.3 is 19.0 Å². The van der Waals surface area contributed by atoms with Crippen LogP contribution in [0.5, 0.6) is 5.75 Å². The fourth-order valence-corrected chi connectivity index (χ4v) is 4.68. The molecule has 1 N–H and O–H groups in total. The van der Waals surface area contributed by atoms with Crippen LogP contribution in [0.1, 0.15) is 27.7 Å². The Morgan fingerprint density at radius 3 is 2.50 bits per heavy atom. The third-order valence-corrected chi connectivity index (χ3v) is 6.59. The lowest BCUT2D eigenvalue weighted by Gasteiger charge is -2.27. The van der Waals surface area contributed by atoms with Gasteiger partial charge in [0.25, 0.3) is 5.91 Å². The molecule has 1 atom stereocenters. The zero-order valence-electron chi connectivity index (χ0n) is 20.4. The molecule has 2 heterocycles. The van der Waals surface area contributed by atoms with Crippen LogP contribution in [-0.4, -0.2) is 37.0 Å². The average Bonchev–Trinajstić information content (AvgIpc) is 3.47. The zero-order chi connectivity index (χ0) is 27.0. The van der Waals surface area contributed by atoms with E-state index in [0.29, 0.717) is 38.6 Å². The van der Waals surface area contributed by atoms with Crippen molar-refractivity contribution in [3.05, 3.63) is 106 Å². The Hall–Kier alpha value is -4.56. The number of ketones is 1. The largest absolute Gasteiger partial charge is 0.503 e. The number of furan rings is 1. The molecule has 192 valence electrons. The highest BCUT2D eigenvalue weighted by Gasteiger charge is 2.45. The number of rotatable bonds is 7. The number of halogens is 1. The molecule has 1 unspecified atom stereocenters. The molecule has 0 saturated carbocycles. The molecule has 9 heteroatoms. The molecule has 1 amide bonds. The highest BCUT2D eigenvalue weighted by molar-refractivity contribution is 6.31. The molecule has 1 aliphatic heterocycles. The van der Waals surface area contributed by atoms with Crippen LogP contribution >= 0.6 is 11.6 Å². The second-order valence-electron chi connectivity index (χ2n) is 8.66. The third kappa shape index (κ3) is 4.50. The number of benzene rings is 3. The molecule has 3 aromatic carbocycles. The van der Waals surface area contributed by atoms with Crippen LogP contribution in [0.2, 0.25) is 5.02 Å². The minimum Gasteiger partial charge on any atom is -0.503 e. The molecular weight excluding hydrogens is 510 g/mol. The molecule has 0 saturated heterocycles. The van der Waals surface area contributed by atoms with Gasteiger partial charge in [0, 0.05) is 16.1 Å². The Morgan fingerprint density at radius 1 is 1.03 bits per heavy atom. The van der Waals surface area contributed by atoms with E-state index in [9.17, 15) is 19.5 Å². The van der Waals surface area contributed by atoms with E-state index in [4.69, 9.17) is 25.5 Å². The fourth-order valence-electron chi connectivity index (χ4n) is 4.50. The maximum Gasteiger partial charge on any atom is 0.309 e. The summed E-state index contributed by atoms with van der Waals surface area (Å²) < 4.78 is 15.8. The molecule has 8 nitrogen and oxygen atoms in total. The van der Waals surface area contributed by atoms with E-state index < -0.39 is 29.5 Å². The van der Waals surface area contributed by atoms with Gasteiger partial charge in [0.2, 0.25) is 5.78 Å². The van der Waals surface area contributed by atoms with E-state index in [2.05, 4.69) is 0 Å². The van der Waals surface area contributed by atoms with Crippen molar-refractivity contribution >= 4 is 45.9 Å². The summed E-state index contributed by atoms with van der Waals surface area (Å²) in [6.45, 7) is 0. The Kier molecular flexibility index (Phi) is 6.65. The van der Waals surface area contributed by atoms with Crippen LogP contribution in [0.4, 0.5) is 5.69 Å². The lowest BCUT2D eigenvalue weighted by molar-refractivity contribution is -0.139. The van der Waals surface area contributed by atoms with E-state index in [1.807, 2.05) is 0 Å². The van der Waals surface area contributed by atoms with Crippen molar-refractivity contribution in [2.45, 2.75) is 12.5 Å². The maximum atomic E-state index is 13.8. The lowest BCUT2D eigenvalue weighted by Crippen LogP contribution is -2.31. The average molecular weight is 532 g/mol. The standard InChI is InChI=1S/C29H22ClNO7/c1-36-21-5-3-4-17(14-21)26-25(27(33)23-15-18-13-19(30)8-11-22(18)38-23)28(34)29(35)31(26)20-9-6-16(7-10-20)12-24(32)37-2/h3-11,13-15,26,34H,12H2,1-2H3. The van der Waals surface area contributed by atoms with E-state index in [0.717, 1.165) is 0 Å². The summed E-state index contributed by atoms with van der Waals surface area (Å²) in [6, 6.07) is 19.1. The van der Waals surface area contributed by atoms with Crippen molar-refractivity contribution in [3.8, 4) is 5.75 Å². The van der Waals surface area contributed by atoms with Gasteiger partial charge in [0.15, 0.2) is 11.5 Å². The number of hydrogen-bond donors (Lipinski definition) is 1. The maximum absolute atomic E-state index is 13.8. The summed E-state index contributed by atoms with van der Waals surface area (Å²) in [5.74, 6) is -2.00. The monoisotopic (exact) mass is 531 g/mol. The first-order chi connectivity index (χ1) is 18.3. The van der Waals surface area contributed by atoms with Gasteiger partial charge in [-0.15, -0.1) is 0 Å². The summed E-state index contributed by atoms with van der Waals surface area (Å²) >= 11 is 6.08. The number of methoxy groups -OCH3 is 2. The molecule has 0 bridgehead atoms. The molecule has 1 aromatic heterocycles. The van der Waals surface area contributed by atoms with Gasteiger partial charge in [-0.05, 0) is 59.7 Å². The number of nitrogens with zero attached hydrogens (tertiary/aromatic N) is 1. The van der Waals surface area contributed by atoms with Crippen molar-refractivity contribution in [3.63, 3.8) is 0 Å². The minimum atomic E-state index is -0.978. The first-order valence-corrected chi connectivity index (χ1v) is 12.0. The normalized spacial score (nSPS) is 15.3. The van der Waals surface area contributed by atoms with Crippen LogP contribution in [-0.2, 0) is 20.7 Å². The van der Waals surface area contributed by atoms with E-state index in [-0.39, 0.29) is 17.8 Å². The molecule has 0 spiro atoms. The van der Waals surface area contributed by atoms with Crippen molar-refractivity contribution in [2.24, 2.45) is 0 Å². The molecule has 0 aliphatic carbocycles. The summed E-state index contributed by atoms with van der Waals surface area (Å²) in [6.07, 6.45) is 0.0628. The Bertz CT molecular complexity index is 1600. The Morgan fingerprint density at radius 2 is 1.79 bits per heavy atom. The number of esters is 1. The number of fused-ring (bicyclic) bond motifs is 1. The van der Waals surface area contributed by atoms with Gasteiger partial charge >= 0.3 is 5.97 Å². The second-order valence-corrected chi connectivity index (χ2v) is 9.09. The quantitative estimate of drug-likeness (QED) is 0.244. The molecule has 0 fully saturated rings. The Labute approximate surface area is 222 Å². The SMILES string of the molecule is COC(=O)Cc1ccc(N2C(=O)C(O)=C(C(=O)c3cc4cc(Cl)ccc4o3)C2c2cccc(OC)c2)cc1. The van der Waals surface area contributed by atoms with Gasteiger partial charge in [-0.2, -0.15) is 0 Å². The number of carbonyl (C=O) groups is 3. The Balaban J connectivity index is 1.60. The highest BCUT2D eigenvalue weighted by Crippen LogP contribution is 2.43. The molecule has 4 aromatic rings. The van der Waals surface area contributed by atoms with Crippen molar-refractivity contribution < 1.29 is 33.4 Å². The summed E-state index contributed by atoms with van der Waals surface area (Å²) in [5.41, 5.74) is 1.95. The predicted octanol–water partition coefficient (Wildman–Crippen LogP) is 5.59. The summed E-state index contributed by atoms with van der Waals surface area (Å²) in [7, 11) is 2.82. The number of ether oxygens (including phenoxy) is 2. The molecular formula is C29H22ClNO7. The van der Waals surface area contributed by atoms with Crippen molar-refractivity contribution in [2.75, 3.05) is 19.1 Å². The second kappa shape index (κ2) is 10.1. The number of aliphatic hydroxyl groups is 1. The number of hydrogen-bond acceptors (Lipinski definition) is 7. The van der Waals surface area contributed by atoms with Gasteiger partial charge in [-0.1, -0.05) is 35.9 Å². The summed E-state index contributed by atoms with van der Waals surface area (Å²) in [4.78, 5) is 40.2. The van der Waals surface area contributed by atoms with E-state index >= 15 is 0 Å². The fraction of sp³-hybridized carbons (Fsp3) is 0.138.